The fourth-order valence-electron chi connectivity index (χ4n) is 5.16. The van der Waals surface area contributed by atoms with Crippen LogP contribution in [-0.4, -0.2) is 0 Å². The van der Waals surface area contributed by atoms with Gasteiger partial charge < -0.3 is 0 Å². The standard InChI is InChI=1S/C28H40Cl2/c1-25(2,3)17-27(7,8)19-11-13-21(23(29)15-19)22-14-12-20(16-24(22)30)28(9,10)18-26(4,5)6/h11-16H,17-18H2,1-10H3. The Labute approximate surface area is 195 Å². The molecule has 2 rings (SSSR count). The highest BCUT2D eigenvalue weighted by Crippen LogP contribution is 2.42. The van der Waals surface area contributed by atoms with Crippen molar-refractivity contribution in [2.24, 2.45) is 10.8 Å². The SMILES string of the molecule is CC(C)(C)CC(C)(C)c1ccc(-c2ccc(C(C)(C)CC(C)(C)C)cc2Cl)c(Cl)c1. The Balaban J connectivity index is 2.39. The molecule has 0 bridgehead atoms. The second kappa shape index (κ2) is 8.51. The van der Waals surface area contributed by atoms with Gasteiger partial charge in [-0.3, -0.25) is 0 Å². The minimum absolute atomic E-state index is 0.0606. The summed E-state index contributed by atoms with van der Waals surface area (Å²) in [5, 5.41) is 1.52. The van der Waals surface area contributed by atoms with Crippen LogP contribution in [0.3, 0.4) is 0 Å². The highest BCUT2D eigenvalue weighted by molar-refractivity contribution is 6.36. The van der Waals surface area contributed by atoms with Gasteiger partial charge in [-0.1, -0.05) is 117 Å². The zero-order chi connectivity index (χ0) is 23.1. The molecular weight excluding hydrogens is 407 g/mol. The lowest BCUT2D eigenvalue weighted by atomic mass is 9.72. The number of hydrogen-bond donors (Lipinski definition) is 0. The van der Waals surface area contributed by atoms with Gasteiger partial charge >= 0.3 is 0 Å². The van der Waals surface area contributed by atoms with Crippen LogP contribution < -0.4 is 0 Å². The van der Waals surface area contributed by atoms with Crippen molar-refractivity contribution in [3.8, 4) is 11.1 Å². The predicted molar refractivity (Wildman–Crippen MR) is 136 cm³/mol. The molecule has 0 aliphatic carbocycles. The van der Waals surface area contributed by atoms with E-state index in [-0.39, 0.29) is 21.7 Å². The summed E-state index contributed by atoms with van der Waals surface area (Å²) >= 11 is 13.5. The van der Waals surface area contributed by atoms with Crippen LogP contribution in [0.5, 0.6) is 0 Å². The van der Waals surface area contributed by atoms with Crippen LogP contribution >= 0.6 is 23.2 Å². The van der Waals surface area contributed by atoms with Crippen LogP contribution in [0.1, 0.15) is 93.2 Å². The fraction of sp³-hybridized carbons (Fsp3) is 0.571. The van der Waals surface area contributed by atoms with Crippen molar-refractivity contribution in [3.63, 3.8) is 0 Å². The molecule has 0 unspecified atom stereocenters. The maximum atomic E-state index is 6.77. The largest absolute Gasteiger partial charge is 0.0837 e. The first-order valence-corrected chi connectivity index (χ1v) is 11.8. The quantitative estimate of drug-likeness (QED) is 0.428. The van der Waals surface area contributed by atoms with Gasteiger partial charge in [-0.25, -0.2) is 0 Å². The van der Waals surface area contributed by atoms with Crippen molar-refractivity contribution in [2.45, 2.75) is 92.9 Å². The van der Waals surface area contributed by atoms with E-state index in [9.17, 15) is 0 Å². The van der Waals surface area contributed by atoms with E-state index in [4.69, 9.17) is 23.2 Å². The van der Waals surface area contributed by atoms with Gasteiger partial charge in [-0.2, -0.15) is 0 Å². The molecule has 0 saturated carbocycles. The molecule has 2 heteroatoms. The summed E-state index contributed by atoms with van der Waals surface area (Å²) in [7, 11) is 0. The lowest BCUT2D eigenvalue weighted by Crippen LogP contribution is -2.25. The molecule has 166 valence electrons. The summed E-state index contributed by atoms with van der Waals surface area (Å²) in [6.07, 6.45) is 2.18. The van der Waals surface area contributed by atoms with Crippen LogP contribution in [0.2, 0.25) is 10.0 Å². The first-order valence-electron chi connectivity index (χ1n) is 11.0. The van der Waals surface area contributed by atoms with Crippen LogP contribution in [0.15, 0.2) is 36.4 Å². The summed E-state index contributed by atoms with van der Waals surface area (Å²) < 4.78 is 0. The van der Waals surface area contributed by atoms with Crippen molar-refractivity contribution in [3.05, 3.63) is 57.6 Å². The number of benzene rings is 2. The molecule has 0 amide bonds. The second-order valence-electron chi connectivity index (χ2n) is 12.6. The maximum absolute atomic E-state index is 6.77. The van der Waals surface area contributed by atoms with E-state index in [0.717, 1.165) is 34.0 Å². The van der Waals surface area contributed by atoms with E-state index < -0.39 is 0 Å². The molecule has 0 atom stereocenters. The molecule has 0 saturated heterocycles. The van der Waals surface area contributed by atoms with Crippen molar-refractivity contribution >= 4 is 23.2 Å². The number of hydrogen-bond acceptors (Lipinski definition) is 0. The van der Waals surface area contributed by atoms with Crippen molar-refractivity contribution in [1.29, 1.82) is 0 Å². The molecule has 0 spiro atoms. The van der Waals surface area contributed by atoms with Gasteiger partial charge in [0.05, 0.1) is 0 Å². The van der Waals surface area contributed by atoms with Crippen LogP contribution in [0, 0.1) is 10.8 Å². The van der Waals surface area contributed by atoms with Gasteiger partial charge in [0.25, 0.3) is 0 Å². The third-order valence-electron chi connectivity index (χ3n) is 5.74. The molecule has 2 aromatic rings. The summed E-state index contributed by atoms with van der Waals surface area (Å²) in [5.74, 6) is 0. The smallest absolute Gasteiger partial charge is 0.0487 e. The van der Waals surface area contributed by atoms with Crippen molar-refractivity contribution in [1.82, 2.24) is 0 Å². The Kier molecular flexibility index (Phi) is 7.17. The highest BCUT2D eigenvalue weighted by Gasteiger charge is 2.29. The third kappa shape index (κ3) is 6.51. The molecule has 0 heterocycles. The van der Waals surface area contributed by atoms with Crippen LogP contribution in [0.4, 0.5) is 0 Å². The maximum Gasteiger partial charge on any atom is 0.0487 e. The molecule has 0 N–H and O–H groups in total. The van der Waals surface area contributed by atoms with E-state index in [1.54, 1.807) is 0 Å². The molecule has 0 aromatic heterocycles. The summed E-state index contributed by atoms with van der Waals surface area (Å²) in [5.41, 5.74) is 5.17. The Bertz CT molecular complexity index is 814. The Morgan fingerprint density at radius 1 is 0.533 bits per heavy atom. The van der Waals surface area contributed by atoms with E-state index >= 15 is 0 Å². The molecule has 0 aliphatic rings. The number of rotatable bonds is 5. The summed E-state index contributed by atoms with van der Waals surface area (Å²) in [4.78, 5) is 0. The minimum Gasteiger partial charge on any atom is -0.0837 e. The van der Waals surface area contributed by atoms with E-state index in [1.807, 2.05) is 0 Å². The van der Waals surface area contributed by atoms with Crippen LogP contribution in [-0.2, 0) is 10.8 Å². The second-order valence-corrected chi connectivity index (χ2v) is 13.4. The van der Waals surface area contributed by atoms with Gasteiger partial charge in [0, 0.05) is 21.2 Å². The summed E-state index contributed by atoms with van der Waals surface area (Å²) in [6.45, 7) is 22.9. The molecular formula is C28H40Cl2. The lowest BCUT2D eigenvalue weighted by Gasteiger charge is -2.33. The van der Waals surface area contributed by atoms with Gasteiger partial charge in [0.1, 0.15) is 0 Å². The lowest BCUT2D eigenvalue weighted by molar-refractivity contribution is 0.283. The van der Waals surface area contributed by atoms with Gasteiger partial charge in [0.15, 0.2) is 0 Å². The van der Waals surface area contributed by atoms with E-state index in [0.29, 0.717) is 0 Å². The predicted octanol–water partition coefficient (Wildman–Crippen LogP) is 10.1. The monoisotopic (exact) mass is 446 g/mol. The molecule has 0 nitrogen and oxygen atoms in total. The van der Waals surface area contributed by atoms with Crippen molar-refractivity contribution in [2.75, 3.05) is 0 Å². The molecule has 2 aromatic carbocycles. The Morgan fingerprint density at radius 2 is 0.833 bits per heavy atom. The molecule has 0 aliphatic heterocycles. The normalized spacial score (nSPS) is 13.6. The first-order chi connectivity index (χ1) is 13.4. The fourth-order valence-corrected chi connectivity index (χ4v) is 5.73. The average molecular weight is 448 g/mol. The third-order valence-corrected chi connectivity index (χ3v) is 6.36. The average Bonchev–Trinajstić information content (AvgIpc) is 2.50. The van der Waals surface area contributed by atoms with Gasteiger partial charge in [-0.05, 0) is 57.8 Å². The zero-order valence-corrected chi connectivity index (χ0v) is 22.1. The molecule has 0 radical (unpaired) electrons. The highest BCUT2D eigenvalue weighted by atomic mass is 35.5. The topological polar surface area (TPSA) is 0 Å². The Hall–Kier alpha value is -0.980. The van der Waals surface area contributed by atoms with Crippen molar-refractivity contribution < 1.29 is 0 Å². The van der Waals surface area contributed by atoms with Crippen LogP contribution in [0.25, 0.3) is 11.1 Å². The zero-order valence-electron chi connectivity index (χ0n) is 20.6. The van der Waals surface area contributed by atoms with Gasteiger partial charge in [-0.15, -0.1) is 0 Å². The van der Waals surface area contributed by atoms with Gasteiger partial charge in [0.2, 0.25) is 0 Å². The number of halogens is 2. The van der Waals surface area contributed by atoms with E-state index in [1.165, 1.54) is 11.1 Å². The summed E-state index contributed by atoms with van der Waals surface area (Å²) in [6, 6.07) is 12.9. The Morgan fingerprint density at radius 3 is 1.07 bits per heavy atom. The van der Waals surface area contributed by atoms with E-state index in [2.05, 4.69) is 106 Å². The molecule has 0 fully saturated rings. The first kappa shape index (κ1) is 25.3. The molecule has 30 heavy (non-hydrogen) atoms. The minimum atomic E-state index is 0.0606.